The molecule has 5 rings (SSSR count). The number of nitrogens with zero attached hydrogens (tertiary/aromatic N) is 6. The average Bonchev–Trinajstić information content (AvgIpc) is 3.31. The maximum atomic E-state index is 13.1. The summed E-state index contributed by atoms with van der Waals surface area (Å²) in [6.45, 7) is 2.52. The number of aromatic nitrogens is 4. The van der Waals surface area contributed by atoms with Crippen LogP contribution in [0.15, 0.2) is 66.7 Å². The van der Waals surface area contributed by atoms with Crippen LogP contribution in [0.1, 0.15) is 17.2 Å². The summed E-state index contributed by atoms with van der Waals surface area (Å²) in [4.78, 5) is 16.8. The number of rotatable bonds is 4. The number of amides is 1. The predicted molar refractivity (Wildman–Crippen MR) is 112 cm³/mol. The first-order valence-electron chi connectivity index (χ1n) is 10.0. The van der Waals surface area contributed by atoms with Crippen molar-refractivity contribution in [2.75, 3.05) is 37.7 Å². The minimum atomic E-state index is -0.152. The fourth-order valence-corrected chi connectivity index (χ4v) is 3.92. The molecule has 2 aliphatic rings. The van der Waals surface area contributed by atoms with Gasteiger partial charge in [-0.3, -0.25) is 9.69 Å². The van der Waals surface area contributed by atoms with E-state index in [1.807, 2.05) is 58.3 Å². The Hall–Kier alpha value is -3.52. The predicted octanol–water partition coefficient (Wildman–Crippen LogP) is 1.98. The molecule has 1 atom stereocenters. The zero-order chi connectivity index (χ0) is 20.3. The van der Waals surface area contributed by atoms with Crippen molar-refractivity contribution in [1.29, 1.82) is 0 Å². The third-order valence-corrected chi connectivity index (χ3v) is 5.45. The number of tetrazole rings is 1. The van der Waals surface area contributed by atoms with Gasteiger partial charge in [-0.25, -0.2) is 0 Å². The van der Waals surface area contributed by atoms with E-state index in [2.05, 4.69) is 33.7 Å². The first kappa shape index (κ1) is 18.5. The Balaban J connectivity index is 1.55. The maximum Gasteiger partial charge on any atom is 0.251 e. The zero-order valence-electron chi connectivity index (χ0n) is 16.5. The lowest BCUT2D eigenvalue weighted by Crippen LogP contribution is -2.46. The molecule has 0 spiro atoms. The van der Waals surface area contributed by atoms with Gasteiger partial charge in [0.05, 0.1) is 18.9 Å². The Labute approximate surface area is 174 Å². The summed E-state index contributed by atoms with van der Waals surface area (Å²) >= 11 is 0. The quantitative estimate of drug-likeness (QED) is 0.664. The van der Waals surface area contributed by atoms with Gasteiger partial charge in [-0.15, -0.1) is 0 Å². The van der Waals surface area contributed by atoms with Crippen molar-refractivity contribution in [3.8, 4) is 0 Å². The molecule has 8 nitrogen and oxygen atoms in total. The molecule has 0 N–H and O–H groups in total. The fraction of sp³-hybridized carbons (Fsp3) is 0.273. The van der Waals surface area contributed by atoms with E-state index in [0.717, 1.165) is 16.8 Å². The van der Waals surface area contributed by atoms with Crippen LogP contribution in [0.5, 0.6) is 0 Å². The van der Waals surface area contributed by atoms with Crippen LogP contribution >= 0.6 is 0 Å². The summed E-state index contributed by atoms with van der Waals surface area (Å²) in [5, 5.41) is 12.4. The molecule has 3 aromatic rings. The number of hydrogen-bond donors (Lipinski definition) is 0. The lowest BCUT2D eigenvalue weighted by atomic mass is 10.0. The average molecular weight is 402 g/mol. The smallest absolute Gasteiger partial charge is 0.251 e. The molecule has 30 heavy (non-hydrogen) atoms. The van der Waals surface area contributed by atoms with Crippen molar-refractivity contribution in [2.24, 2.45) is 0 Å². The van der Waals surface area contributed by atoms with Crippen molar-refractivity contribution < 1.29 is 9.53 Å². The molecule has 2 aliphatic heterocycles. The molecule has 1 amide bonds. The van der Waals surface area contributed by atoms with Crippen molar-refractivity contribution in [3.05, 3.63) is 77.9 Å². The molecule has 1 aromatic heterocycles. The maximum absolute atomic E-state index is 13.1. The van der Waals surface area contributed by atoms with Gasteiger partial charge >= 0.3 is 0 Å². The number of fused-ring (bicyclic) bond motifs is 1. The van der Waals surface area contributed by atoms with Crippen LogP contribution in [-0.4, -0.2) is 63.9 Å². The summed E-state index contributed by atoms with van der Waals surface area (Å²) in [5.74, 6) is 0.597. The molecule has 0 bridgehead atoms. The van der Waals surface area contributed by atoms with E-state index in [4.69, 9.17) is 4.74 Å². The minimum Gasteiger partial charge on any atom is -0.378 e. The van der Waals surface area contributed by atoms with Crippen LogP contribution in [0.3, 0.4) is 0 Å². The van der Waals surface area contributed by atoms with Crippen LogP contribution in [0.4, 0.5) is 5.95 Å². The van der Waals surface area contributed by atoms with Crippen molar-refractivity contribution in [2.45, 2.75) is 6.04 Å². The molecular weight excluding hydrogens is 380 g/mol. The first-order chi connectivity index (χ1) is 14.8. The molecule has 1 saturated heterocycles. The van der Waals surface area contributed by atoms with Crippen LogP contribution in [0.25, 0.3) is 5.70 Å². The summed E-state index contributed by atoms with van der Waals surface area (Å²) in [6.07, 6.45) is 2.13. The normalized spacial score (nSPS) is 18.7. The zero-order valence-corrected chi connectivity index (χ0v) is 16.5. The number of benzene rings is 2. The SMILES string of the molecule is O=C(CN1C(c2ccccc2)=CC(c2ccccc2)n2nnnc21)N1CCOCC1. The van der Waals surface area contributed by atoms with Gasteiger partial charge in [-0.05, 0) is 27.6 Å². The Kier molecular flexibility index (Phi) is 4.98. The summed E-state index contributed by atoms with van der Waals surface area (Å²) in [7, 11) is 0. The van der Waals surface area contributed by atoms with Crippen LogP contribution in [0.2, 0.25) is 0 Å². The van der Waals surface area contributed by atoms with Crippen LogP contribution in [0, 0.1) is 0 Å². The first-order valence-corrected chi connectivity index (χ1v) is 10.0. The highest BCUT2D eigenvalue weighted by atomic mass is 16.5. The van der Waals surface area contributed by atoms with E-state index in [1.54, 1.807) is 4.68 Å². The third-order valence-electron chi connectivity index (χ3n) is 5.45. The number of carbonyl (C=O) groups excluding carboxylic acids is 1. The lowest BCUT2D eigenvalue weighted by Gasteiger charge is -2.34. The van der Waals surface area contributed by atoms with Crippen LogP contribution in [-0.2, 0) is 9.53 Å². The van der Waals surface area contributed by atoms with E-state index in [1.165, 1.54) is 0 Å². The number of ether oxygens (including phenoxy) is 1. The number of hydrogen-bond acceptors (Lipinski definition) is 6. The van der Waals surface area contributed by atoms with Crippen molar-refractivity contribution in [3.63, 3.8) is 0 Å². The topological polar surface area (TPSA) is 76.4 Å². The molecular formula is C22H22N6O2. The minimum absolute atomic E-state index is 0.0350. The summed E-state index contributed by atoms with van der Waals surface area (Å²) < 4.78 is 7.15. The molecule has 0 aliphatic carbocycles. The number of anilines is 1. The van der Waals surface area contributed by atoms with E-state index in [-0.39, 0.29) is 18.5 Å². The molecule has 1 unspecified atom stereocenters. The van der Waals surface area contributed by atoms with E-state index < -0.39 is 0 Å². The number of carbonyl (C=O) groups is 1. The largest absolute Gasteiger partial charge is 0.378 e. The third kappa shape index (κ3) is 3.46. The molecule has 1 fully saturated rings. The van der Waals surface area contributed by atoms with Gasteiger partial charge in [0.1, 0.15) is 12.6 Å². The molecule has 152 valence electrons. The van der Waals surface area contributed by atoms with E-state index in [0.29, 0.717) is 32.3 Å². The number of allylic oxidation sites excluding steroid dienone is 1. The van der Waals surface area contributed by atoms with Crippen molar-refractivity contribution in [1.82, 2.24) is 25.1 Å². The van der Waals surface area contributed by atoms with Gasteiger partial charge in [0.15, 0.2) is 0 Å². The molecule has 8 heteroatoms. The monoisotopic (exact) mass is 402 g/mol. The van der Waals surface area contributed by atoms with Gasteiger partial charge < -0.3 is 9.64 Å². The summed E-state index contributed by atoms with van der Waals surface area (Å²) in [6, 6.07) is 20.0. The van der Waals surface area contributed by atoms with Gasteiger partial charge in [-0.1, -0.05) is 65.8 Å². The Morgan fingerprint density at radius 1 is 1.00 bits per heavy atom. The molecule has 3 heterocycles. The molecule has 2 aromatic carbocycles. The highest BCUT2D eigenvalue weighted by Crippen LogP contribution is 2.36. The van der Waals surface area contributed by atoms with Gasteiger partial charge in [-0.2, -0.15) is 4.68 Å². The standard InChI is InChI=1S/C22H22N6O2/c29-21(26-11-13-30-14-12-26)16-27-19(17-7-3-1-4-8-17)15-20(18-9-5-2-6-10-18)28-22(27)23-24-25-28/h1-10,15,20H,11-14,16H2. The summed E-state index contributed by atoms with van der Waals surface area (Å²) in [5.41, 5.74) is 3.02. The fourth-order valence-electron chi connectivity index (χ4n) is 3.92. The highest BCUT2D eigenvalue weighted by Gasteiger charge is 2.33. The van der Waals surface area contributed by atoms with Crippen molar-refractivity contribution >= 4 is 17.6 Å². The second kappa shape index (κ2) is 8.08. The van der Waals surface area contributed by atoms with E-state index in [9.17, 15) is 4.79 Å². The van der Waals surface area contributed by atoms with Gasteiger partial charge in [0, 0.05) is 13.1 Å². The molecule has 0 radical (unpaired) electrons. The second-order valence-corrected chi connectivity index (χ2v) is 7.28. The Morgan fingerprint density at radius 2 is 1.70 bits per heavy atom. The van der Waals surface area contributed by atoms with Gasteiger partial charge in [0.25, 0.3) is 5.95 Å². The van der Waals surface area contributed by atoms with E-state index >= 15 is 0 Å². The lowest BCUT2D eigenvalue weighted by molar-refractivity contribution is -0.133. The Bertz CT molecular complexity index is 1040. The highest BCUT2D eigenvalue weighted by molar-refractivity contribution is 5.89. The number of morpholine rings is 1. The Morgan fingerprint density at radius 3 is 2.43 bits per heavy atom. The van der Waals surface area contributed by atoms with Crippen LogP contribution < -0.4 is 4.90 Å². The second-order valence-electron chi connectivity index (χ2n) is 7.28. The molecule has 0 saturated carbocycles. The van der Waals surface area contributed by atoms with Gasteiger partial charge in [0.2, 0.25) is 5.91 Å².